The molecule has 0 aromatic heterocycles. The first-order valence-corrected chi connectivity index (χ1v) is 15.7. The molecule has 2 aliphatic carbocycles. The van der Waals surface area contributed by atoms with Gasteiger partial charge in [-0.05, 0) is 66.1 Å². The first kappa shape index (κ1) is 30.3. The lowest BCUT2D eigenvalue weighted by Gasteiger charge is -2.48. The van der Waals surface area contributed by atoms with Crippen molar-refractivity contribution in [1.29, 1.82) is 0 Å². The largest absolute Gasteiger partial charge is 0.480 e. The maximum absolute atomic E-state index is 13.9. The Morgan fingerprint density at radius 1 is 0.881 bits per heavy atom. The van der Waals surface area contributed by atoms with E-state index in [-0.39, 0.29) is 56.8 Å². The van der Waals surface area contributed by atoms with E-state index in [9.17, 15) is 27.9 Å². The van der Waals surface area contributed by atoms with Crippen molar-refractivity contribution < 1.29 is 32.1 Å². The summed E-state index contributed by atoms with van der Waals surface area (Å²) in [6.45, 7) is 7.34. The topological polar surface area (TPSA) is 118 Å². The Hall–Kier alpha value is -3.14. The molecule has 0 radical (unpaired) electrons. The second kappa shape index (κ2) is 10.5. The number of allylic oxidation sites excluding steroid dienone is 4. The van der Waals surface area contributed by atoms with Crippen molar-refractivity contribution in [1.82, 2.24) is 4.90 Å². The van der Waals surface area contributed by atoms with Gasteiger partial charge in [0.1, 0.15) is 17.2 Å². The highest BCUT2D eigenvalue weighted by atomic mass is 35.5. The van der Waals surface area contributed by atoms with E-state index in [2.05, 4.69) is 0 Å². The number of carbonyl (C=O) groups is 3. The SMILES string of the molecule is CC1(C)CC(=O)C2=C(C1)N(CC(=O)O)C1=C(C(=O)CC(C)(C)C1)C2c1cc(Cl)ccc1OS(=O)(=O)c1ccc(Cl)cc1. The van der Waals surface area contributed by atoms with Crippen molar-refractivity contribution >= 4 is 50.9 Å². The number of carbonyl (C=O) groups excluding carboxylic acids is 2. The molecule has 0 spiro atoms. The number of aliphatic carboxylic acids is 1. The van der Waals surface area contributed by atoms with Gasteiger partial charge < -0.3 is 14.2 Å². The Labute approximate surface area is 255 Å². The first-order valence-electron chi connectivity index (χ1n) is 13.5. The summed E-state index contributed by atoms with van der Waals surface area (Å²) in [6, 6.07) is 9.89. The Kier molecular flexibility index (Phi) is 7.61. The van der Waals surface area contributed by atoms with Crippen LogP contribution in [0.1, 0.15) is 64.9 Å². The zero-order valence-corrected chi connectivity index (χ0v) is 26.0. The van der Waals surface area contributed by atoms with Crippen LogP contribution in [0.4, 0.5) is 0 Å². The molecule has 2 aromatic carbocycles. The molecule has 222 valence electrons. The molecule has 0 fully saturated rings. The van der Waals surface area contributed by atoms with Gasteiger partial charge in [0, 0.05) is 56.9 Å². The predicted molar refractivity (Wildman–Crippen MR) is 158 cm³/mol. The van der Waals surface area contributed by atoms with Crippen LogP contribution in [-0.4, -0.2) is 42.5 Å². The van der Waals surface area contributed by atoms with Gasteiger partial charge in [-0.3, -0.25) is 14.4 Å². The average molecular weight is 633 g/mol. The molecule has 11 heteroatoms. The van der Waals surface area contributed by atoms with Crippen LogP contribution in [0.15, 0.2) is 69.9 Å². The lowest BCUT2D eigenvalue weighted by atomic mass is 9.63. The second-order valence-corrected chi connectivity index (χ2v) is 15.1. The molecule has 1 aliphatic heterocycles. The van der Waals surface area contributed by atoms with Crippen molar-refractivity contribution in [3.8, 4) is 5.75 Å². The third kappa shape index (κ3) is 5.74. The van der Waals surface area contributed by atoms with Gasteiger partial charge in [0.25, 0.3) is 0 Å². The summed E-state index contributed by atoms with van der Waals surface area (Å²) in [5.41, 5.74) is 0.927. The van der Waals surface area contributed by atoms with E-state index >= 15 is 0 Å². The van der Waals surface area contributed by atoms with Gasteiger partial charge in [0.15, 0.2) is 11.6 Å². The number of hydrogen-bond acceptors (Lipinski definition) is 7. The van der Waals surface area contributed by atoms with Crippen molar-refractivity contribution in [2.75, 3.05) is 6.54 Å². The smallest absolute Gasteiger partial charge is 0.339 e. The number of ketones is 2. The minimum Gasteiger partial charge on any atom is -0.480 e. The lowest BCUT2D eigenvalue weighted by Crippen LogP contribution is -2.45. The number of rotatable bonds is 6. The zero-order valence-electron chi connectivity index (χ0n) is 23.7. The molecule has 0 atom stereocenters. The minimum atomic E-state index is -4.35. The number of halogens is 2. The summed E-state index contributed by atoms with van der Waals surface area (Å²) in [4.78, 5) is 41.5. The summed E-state index contributed by atoms with van der Waals surface area (Å²) in [5.74, 6) is -2.64. The van der Waals surface area contributed by atoms with Gasteiger partial charge in [0.05, 0.1) is 0 Å². The van der Waals surface area contributed by atoms with Gasteiger partial charge in [-0.2, -0.15) is 8.42 Å². The highest BCUT2D eigenvalue weighted by molar-refractivity contribution is 7.87. The fraction of sp³-hybridized carbons (Fsp3) is 0.387. The molecule has 0 bridgehead atoms. The third-order valence-electron chi connectivity index (χ3n) is 7.90. The predicted octanol–water partition coefficient (Wildman–Crippen LogP) is 6.53. The Morgan fingerprint density at radius 2 is 1.38 bits per heavy atom. The molecule has 3 aliphatic rings. The molecule has 5 rings (SSSR count). The summed E-state index contributed by atoms with van der Waals surface area (Å²) in [7, 11) is -4.35. The molecule has 0 unspecified atom stereocenters. The van der Waals surface area contributed by atoms with Crippen LogP contribution in [0.25, 0.3) is 0 Å². The summed E-state index contributed by atoms with van der Waals surface area (Å²) < 4.78 is 32.3. The molecular weight excluding hydrogens is 601 g/mol. The number of carboxylic acids is 1. The molecular formula is C31H31Cl2NO7S. The Balaban J connectivity index is 1.76. The molecule has 2 aromatic rings. The van der Waals surface area contributed by atoms with E-state index in [4.69, 9.17) is 27.4 Å². The Bertz CT molecular complexity index is 1630. The van der Waals surface area contributed by atoms with Crippen LogP contribution in [0.3, 0.4) is 0 Å². The van der Waals surface area contributed by atoms with E-state index in [1.165, 1.54) is 42.5 Å². The second-order valence-electron chi connectivity index (χ2n) is 12.7. The minimum absolute atomic E-state index is 0.0833. The highest BCUT2D eigenvalue weighted by Gasteiger charge is 2.50. The molecule has 0 amide bonds. The summed E-state index contributed by atoms with van der Waals surface area (Å²) in [6.07, 6.45) is 1.13. The summed E-state index contributed by atoms with van der Waals surface area (Å²) >= 11 is 12.4. The van der Waals surface area contributed by atoms with Crippen LogP contribution in [0, 0.1) is 10.8 Å². The van der Waals surface area contributed by atoms with E-state index in [1.54, 1.807) is 4.90 Å². The summed E-state index contributed by atoms with van der Waals surface area (Å²) in [5, 5.41) is 10.5. The van der Waals surface area contributed by atoms with E-state index < -0.39 is 39.4 Å². The maximum Gasteiger partial charge on any atom is 0.339 e. The van der Waals surface area contributed by atoms with Crippen molar-refractivity contribution in [3.63, 3.8) is 0 Å². The fourth-order valence-corrected chi connectivity index (χ4v) is 7.53. The lowest BCUT2D eigenvalue weighted by molar-refractivity contribution is -0.138. The maximum atomic E-state index is 13.9. The highest BCUT2D eigenvalue weighted by Crippen LogP contribution is 2.55. The van der Waals surface area contributed by atoms with Crippen LogP contribution in [-0.2, 0) is 24.5 Å². The molecule has 1 N–H and O–H groups in total. The molecule has 8 nitrogen and oxygen atoms in total. The van der Waals surface area contributed by atoms with Gasteiger partial charge in [-0.1, -0.05) is 50.9 Å². The first-order chi connectivity index (χ1) is 19.5. The standard InChI is InChI=1S/C31H31Cl2NO7S/c1-30(2)12-21-28(23(35)14-30)27(29-22(34(21)16-26(37)38)13-31(3,4)15-24(29)36)20-11-18(33)7-10-25(20)41-42(39,40)19-8-5-17(32)6-9-19/h5-11,27H,12-16H2,1-4H3,(H,37,38). The molecule has 0 saturated heterocycles. The van der Waals surface area contributed by atoms with E-state index in [0.717, 1.165) is 0 Å². The molecule has 42 heavy (non-hydrogen) atoms. The van der Waals surface area contributed by atoms with Crippen LogP contribution >= 0.6 is 23.2 Å². The van der Waals surface area contributed by atoms with Gasteiger partial charge in [-0.15, -0.1) is 0 Å². The van der Waals surface area contributed by atoms with Crippen molar-refractivity contribution in [3.05, 3.63) is 80.6 Å². The van der Waals surface area contributed by atoms with Crippen molar-refractivity contribution in [2.24, 2.45) is 10.8 Å². The average Bonchev–Trinajstić information content (AvgIpc) is 2.84. The van der Waals surface area contributed by atoms with Crippen LogP contribution in [0.5, 0.6) is 5.75 Å². The van der Waals surface area contributed by atoms with Crippen LogP contribution < -0.4 is 4.18 Å². The molecule has 1 heterocycles. The van der Waals surface area contributed by atoms with Gasteiger partial charge in [0.2, 0.25) is 0 Å². The quantitative estimate of drug-likeness (QED) is 0.357. The van der Waals surface area contributed by atoms with E-state index in [1.807, 2.05) is 27.7 Å². The van der Waals surface area contributed by atoms with Gasteiger partial charge >= 0.3 is 16.1 Å². The van der Waals surface area contributed by atoms with Crippen molar-refractivity contribution in [2.45, 2.75) is 64.2 Å². The normalized spacial score (nSPS) is 20.4. The number of benzene rings is 2. The van der Waals surface area contributed by atoms with E-state index in [0.29, 0.717) is 29.3 Å². The van der Waals surface area contributed by atoms with Gasteiger partial charge in [-0.25, -0.2) is 0 Å². The zero-order chi connectivity index (χ0) is 30.8. The number of nitrogens with zero attached hydrogens (tertiary/aromatic N) is 1. The van der Waals surface area contributed by atoms with Crippen LogP contribution in [0.2, 0.25) is 10.0 Å². The Morgan fingerprint density at radius 3 is 1.88 bits per heavy atom. The molecule has 0 saturated carbocycles. The fourth-order valence-electron chi connectivity index (χ4n) is 6.27. The monoisotopic (exact) mass is 631 g/mol. The number of Topliss-reactive ketones (excluding diaryl/α,β-unsaturated/α-hetero) is 2. The number of carboxylic acid groups (broad SMARTS) is 1. The third-order valence-corrected chi connectivity index (χ3v) is 9.64. The number of hydrogen-bond donors (Lipinski definition) is 1.